The SMILES string of the molecule is COc1cc(C)ccc1NC(=O)[C@@H]1CCC[C@@H]1CN. The van der Waals surface area contributed by atoms with Crippen LogP contribution in [0, 0.1) is 18.8 Å². The Hall–Kier alpha value is -1.55. The molecule has 4 heteroatoms. The summed E-state index contributed by atoms with van der Waals surface area (Å²) >= 11 is 0. The summed E-state index contributed by atoms with van der Waals surface area (Å²) in [4.78, 5) is 12.3. The van der Waals surface area contributed by atoms with Crippen molar-refractivity contribution in [3.05, 3.63) is 23.8 Å². The second kappa shape index (κ2) is 6.06. The van der Waals surface area contributed by atoms with Crippen molar-refractivity contribution in [2.24, 2.45) is 17.6 Å². The first-order valence-corrected chi connectivity index (χ1v) is 6.81. The number of methoxy groups -OCH3 is 1. The van der Waals surface area contributed by atoms with Gasteiger partial charge >= 0.3 is 0 Å². The molecule has 0 aliphatic heterocycles. The van der Waals surface area contributed by atoms with E-state index in [0.29, 0.717) is 18.2 Å². The molecule has 0 saturated heterocycles. The fraction of sp³-hybridized carbons (Fsp3) is 0.533. The van der Waals surface area contributed by atoms with Gasteiger partial charge < -0.3 is 15.8 Å². The number of nitrogens with two attached hydrogens (primary N) is 1. The van der Waals surface area contributed by atoms with Crippen LogP contribution < -0.4 is 15.8 Å². The Bertz CT molecular complexity index is 459. The van der Waals surface area contributed by atoms with Crippen LogP contribution in [0.5, 0.6) is 5.75 Å². The number of nitrogens with one attached hydrogen (secondary N) is 1. The van der Waals surface area contributed by atoms with Crippen LogP contribution in [0.4, 0.5) is 5.69 Å². The van der Waals surface area contributed by atoms with Crippen molar-refractivity contribution in [2.75, 3.05) is 19.0 Å². The molecule has 104 valence electrons. The van der Waals surface area contributed by atoms with Crippen molar-refractivity contribution in [3.63, 3.8) is 0 Å². The van der Waals surface area contributed by atoms with E-state index in [1.807, 2.05) is 25.1 Å². The van der Waals surface area contributed by atoms with E-state index in [1.165, 1.54) is 0 Å². The number of carbonyl (C=O) groups excluding carboxylic acids is 1. The third-order valence-corrected chi connectivity index (χ3v) is 3.91. The summed E-state index contributed by atoms with van der Waals surface area (Å²) in [6.45, 7) is 2.58. The quantitative estimate of drug-likeness (QED) is 0.875. The van der Waals surface area contributed by atoms with Crippen molar-refractivity contribution in [1.82, 2.24) is 0 Å². The highest BCUT2D eigenvalue weighted by Crippen LogP contribution is 2.33. The molecule has 2 atom stereocenters. The van der Waals surface area contributed by atoms with Crippen LogP contribution in [0.3, 0.4) is 0 Å². The summed E-state index contributed by atoms with van der Waals surface area (Å²) in [5.74, 6) is 1.12. The highest BCUT2D eigenvalue weighted by molar-refractivity contribution is 5.94. The van der Waals surface area contributed by atoms with Gasteiger partial charge in [-0.1, -0.05) is 12.5 Å². The van der Waals surface area contributed by atoms with Gasteiger partial charge in [-0.25, -0.2) is 0 Å². The fourth-order valence-electron chi connectivity index (χ4n) is 2.79. The molecule has 19 heavy (non-hydrogen) atoms. The van der Waals surface area contributed by atoms with Crippen LogP contribution in [-0.4, -0.2) is 19.6 Å². The first-order valence-electron chi connectivity index (χ1n) is 6.81. The minimum Gasteiger partial charge on any atom is -0.495 e. The zero-order valence-electron chi connectivity index (χ0n) is 11.6. The maximum absolute atomic E-state index is 12.3. The first-order chi connectivity index (χ1) is 9.15. The van der Waals surface area contributed by atoms with Crippen LogP contribution in [0.25, 0.3) is 0 Å². The molecule has 0 spiro atoms. The van der Waals surface area contributed by atoms with E-state index >= 15 is 0 Å². The van der Waals surface area contributed by atoms with Crippen molar-refractivity contribution < 1.29 is 9.53 Å². The van der Waals surface area contributed by atoms with Gasteiger partial charge in [0.2, 0.25) is 5.91 Å². The Morgan fingerprint density at radius 1 is 1.47 bits per heavy atom. The average molecular weight is 262 g/mol. The molecule has 0 radical (unpaired) electrons. The summed E-state index contributed by atoms with van der Waals surface area (Å²) in [6.07, 6.45) is 3.08. The van der Waals surface area contributed by atoms with Gasteiger partial charge in [0, 0.05) is 5.92 Å². The Morgan fingerprint density at radius 3 is 2.95 bits per heavy atom. The predicted octanol–water partition coefficient (Wildman–Crippen LogP) is 2.32. The summed E-state index contributed by atoms with van der Waals surface area (Å²) in [6, 6.07) is 5.77. The molecule has 1 saturated carbocycles. The Balaban J connectivity index is 2.10. The van der Waals surface area contributed by atoms with Gasteiger partial charge in [0.1, 0.15) is 5.75 Å². The molecule has 3 N–H and O–H groups in total. The third-order valence-electron chi connectivity index (χ3n) is 3.91. The normalized spacial score (nSPS) is 22.3. The van der Waals surface area contributed by atoms with E-state index < -0.39 is 0 Å². The standard InChI is InChI=1S/C15H22N2O2/c1-10-6-7-13(14(8-10)19-2)17-15(18)12-5-3-4-11(12)9-16/h6-8,11-12H,3-5,9,16H2,1-2H3,(H,17,18)/t11-,12-/m1/s1. The Labute approximate surface area is 114 Å². The van der Waals surface area contributed by atoms with Crippen LogP contribution in [0.2, 0.25) is 0 Å². The number of aryl methyl sites for hydroxylation is 1. The highest BCUT2D eigenvalue weighted by atomic mass is 16.5. The van der Waals surface area contributed by atoms with Crippen LogP contribution >= 0.6 is 0 Å². The Morgan fingerprint density at radius 2 is 2.26 bits per heavy atom. The number of hydrogen-bond acceptors (Lipinski definition) is 3. The molecule has 0 heterocycles. The van der Waals surface area contributed by atoms with Gasteiger partial charge in [0.15, 0.2) is 0 Å². The van der Waals surface area contributed by atoms with Crippen LogP contribution in [0.15, 0.2) is 18.2 Å². The lowest BCUT2D eigenvalue weighted by Gasteiger charge is -2.18. The van der Waals surface area contributed by atoms with Crippen LogP contribution in [-0.2, 0) is 4.79 Å². The summed E-state index contributed by atoms with van der Waals surface area (Å²) in [7, 11) is 1.61. The summed E-state index contributed by atoms with van der Waals surface area (Å²) in [5, 5.41) is 2.98. The molecular weight excluding hydrogens is 240 g/mol. The molecule has 2 rings (SSSR count). The van der Waals surface area contributed by atoms with E-state index in [-0.39, 0.29) is 11.8 Å². The predicted molar refractivity (Wildman–Crippen MR) is 76.2 cm³/mol. The number of amides is 1. The first kappa shape index (κ1) is 13.9. The van der Waals surface area contributed by atoms with Crippen LogP contribution in [0.1, 0.15) is 24.8 Å². The maximum Gasteiger partial charge on any atom is 0.227 e. The molecular formula is C15H22N2O2. The molecule has 0 unspecified atom stereocenters. The molecule has 0 bridgehead atoms. The minimum atomic E-state index is 0.0380. The van der Waals surface area contributed by atoms with Gasteiger partial charge in [-0.2, -0.15) is 0 Å². The van der Waals surface area contributed by atoms with Gasteiger partial charge in [-0.15, -0.1) is 0 Å². The lowest BCUT2D eigenvalue weighted by Crippen LogP contribution is -2.29. The molecule has 1 fully saturated rings. The molecule has 1 amide bonds. The topological polar surface area (TPSA) is 64.3 Å². The summed E-state index contributed by atoms with van der Waals surface area (Å²) in [5.41, 5.74) is 7.57. The molecule has 4 nitrogen and oxygen atoms in total. The Kier molecular flexibility index (Phi) is 4.43. The van der Waals surface area contributed by atoms with Gasteiger partial charge in [0.05, 0.1) is 12.8 Å². The van der Waals surface area contributed by atoms with E-state index in [0.717, 1.165) is 30.5 Å². The van der Waals surface area contributed by atoms with E-state index in [4.69, 9.17) is 10.5 Å². The number of ether oxygens (including phenoxy) is 1. The second-order valence-electron chi connectivity index (χ2n) is 5.23. The molecule has 1 aliphatic rings. The smallest absolute Gasteiger partial charge is 0.227 e. The minimum absolute atomic E-state index is 0.0380. The van der Waals surface area contributed by atoms with Gasteiger partial charge in [0.25, 0.3) is 0 Å². The number of benzene rings is 1. The number of hydrogen-bond donors (Lipinski definition) is 2. The average Bonchev–Trinajstić information content (AvgIpc) is 2.89. The zero-order valence-corrected chi connectivity index (χ0v) is 11.6. The van der Waals surface area contributed by atoms with Crippen molar-refractivity contribution in [3.8, 4) is 5.75 Å². The number of carbonyl (C=O) groups is 1. The second-order valence-corrected chi connectivity index (χ2v) is 5.23. The molecule has 1 aromatic rings. The van der Waals surface area contributed by atoms with E-state index in [2.05, 4.69) is 5.32 Å². The fourth-order valence-corrected chi connectivity index (χ4v) is 2.79. The van der Waals surface area contributed by atoms with E-state index in [9.17, 15) is 4.79 Å². The van der Waals surface area contributed by atoms with Crippen molar-refractivity contribution in [2.45, 2.75) is 26.2 Å². The number of rotatable bonds is 4. The zero-order chi connectivity index (χ0) is 13.8. The van der Waals surface area contributed by atoms with Gasteiger partial charge in [-0.05, 0) is 49.9 Å². The lowest BCUT2D eigenvalue weighted by atomic mass is 9.95. The lowest BCUT2D eigenvalue weighted by molar-refractivity contribution is -0.120. The number of anilines is 1. The largest absolute Gasteiger partial charge is 0.495 e. The highest BCUT2D eigenvalue weighted by Gasteiger charge is 2.32. The van der Waals surface area contributed by atoms with Gasteiger partial charge in [-0.3, -0.25) is 4.79 Å². The third kappa shape index (κ3) is 3.07. The van der Waals surface area contributed by atoms with E-state index in [1.54, 1.807) is 7.11 Å². The van der Waals surface area contributed by atoms with Crippen molar-refractivity contribution >= 4 is 11.6 Å². The maximum atomic E-state index is 12.3. The monoisotopic (exact) mass is 262 g/mol. The van der Waals surface area contributed by atoms with Crippen molar-refractivity contribution in [1.29, 1.82) is 0 Å². The molecule has 0 aromatic heterocycles. The molecule has 1 aliphatic carbocycles. The summed E-state index contributed by atoms with van der Waals surface area (Å²) < 4.78 is 5.30. The molecule has 1 aromatic carbocycles.